The first kappa shape index (κ1) is 27.5. The minimum absolute atomic E-state index is 0.214. The van der Waals surface area contributed by atoms with E-state index in [0.717, 1.165) is 70.2 Å². The minimum atomic E-state index is -1.41. The van der Waals surface area contributed by atoms with Gasteiger partial charge in [0.15, 0.2) is 0 Å². The zero-order valence-corrected chi connectivity index (χ0v) is 25.7. The van der Waals surface area contributed by atoms with Crippen molar-refractivity contribution in [3.63, 3.8) is 0 Å². The molecular weight excluding hydrogens is 560 g/mol. The lowest BCUT2D eigenvalue weighted by Gasteiger charge is -2.48. The van der Waals surface area contributed by atoms with Crippen LogP contribution in [0.15, 0.2) is 156 Å². The summed E-state index contributed by atoms with van der Waals surface area (Å²) in [4.78, 5) is 0. The molecule has 2 nitrogen and oxygen atoms in total. The van der Waals surface area contributed by atoms with Gasteiger partial charge in [-0.3, -0.25) is 0 Å². The van der Waals surface area contributed by atoms with E-state index in [9.17, 15) is 10.2 Å². The molecule has 5 aliphatic rings. The number of rotatable bonds is 3. The van der Waals surface area contributed by atoms with E-state index in [0.29, 0.717) is 5.92 Å². The summed E-state index contributed by atoms with van der Waals surface area (Å²) >= 11 is 0. The molecule has 0 heterocycles. The molecule has 5 aliphatic carbocycles. The van der Waals surface area contributed by atoms with Crippen molar-refractivity contribution in [2.75, 3.05) is 0 Å². The van der Waals surface area contributed by atoms with Crippen molar-refractivity contribution in [3.8, 4) is 0 Å². The minimum Gasteiger partial charge on any atom is -0.376 e. The summed E-state index contributed by atoms with van der Waals surface area (Å²) < 4.78 is 0. The Bertz CT molecular complexity index is 2140. The van der Waals surface area contributed by atoms with Crippen molar-refractivity contribution in [2.24, 2.45) is 5.92 Å². The Morgan fingerprint density at radius 1 is 0.630 bits per heavy atom. The van der Waals surface area contributed by atoms with Crippen LogP contribution >= 0.6 is 0 Å². The van der Waals surface area contributed by atoms with Crippen LogP contribution in [-0.4, -0.2) is 10.2 Å². The molecule has 9 rings (SSSR count). The van der Waals surface area contributed by atoms with Crippen LogP contribution in [0, 0.1) is 5.92 Å². The van der Waals surface area contributed by atoms with Gasteiger partial charge in [-0.1, -0.05) is 146 Å². The summed E-state index contributed by atoms with van der Waals surface area (Å²) in [6, 6.07) is 27.3. The van der Waals surface area contributed by atoms with Gasteiger partial charge >= 0.3 is 0 Å². The Morgan fingerprint density at radius 2 is 1.41 bits per heavy atom. The second-order valence-electron chi connectivity index (χ2n) is 13.3. The highest BCUT2D eigenvalue weighted by Gasteiger charge is 2.53. The van der Waals surface area contributed by atoms with E-state index in [4.69, 9.17) is 0 Å². The number of fused-ring (bicyclic) bond motifs is 6. The number of allylic oxidation sites excluding steroid dienone is 9. The predicted molar refractivity (Wildman–Crippen MR) is 187 cm³/mol. The van der Waals surface area contributed by atoms with Gasteiger partial charge in [0.05, 0.1) is 0 Å². The van der Waals surface area contributed by atoms with Crippen LogP contribution in [0.25, 0.3) is 16.8 Å². The highest BCUT2D eigenvalue weighted by Crippen LogP contribution is 2.57. The first-order valence-corrected chi connectivity index (χ1v) is 16.6. The smallest absolute Gasteiger partial charge is 0.141 e. The number of hydrogen-bond acceptors (Lipinski definition) is 2. The van der Waals surface area contributed by atoms with Gasteiger partial charge in [-0.25, -0.2) is 0 Å². The lowest BCUT2D eigenvalue weighted by Crippen LogP contribution is -2.46. The lowest BCUT2D eigenvalue weighted by atomic mass is 9.60. The quantitative estimate of drug-likeness (QED) is 0.248. The van der Waals surface area contributed by atoms with Crippen LogP contribution in [-0.2, 0) is 17.6 Å². The second-order valence-corrected chi connectivity index (χ2v) is 13.3. The van der Waals surface area contributed by atoms with Crippen LogP contribution < -0.4 is 0 Å². The maximum atomic E-state index is 13.4. The largest absolute Gasteiger partial charge is 0.376 e. The summed E-state index contributed by atoms with van der Waals surface area (Å²) in [5.74, 6) is 0.541. The Labute approximate surface area is 270 Å². The van der Waals surface area contributed by atoms with Gasteiger partial charge in [0.25, 0.3) is 0 Å². The van der Waals surface area contributed by atoms with Gasteiger partial charge < -0.3 is 10.2 Å². The van der Waals surface area contributed by atoms with Crippen LogP contribution in [0.3, 0.4) is 0 Å². The average molecular weight is 597 g/mol. The summed E-state index contributed by atoms with van der Waals surface area (Å²) in [5, 5.41) is 29.1. The third kappa shape index (κ3) is 3.90. The average Bonchev–Trinajstić information content (AvgIpc) is 3.13. The van der Waals surface area contributed by atoms with Crippen molar-refractivity contribution >= 4 is 16.8 Å². The molecule has 0 spiro atoms. The van der Waals surface area contributed by atoms with Gasteiger partial charge in [-0.2, -0.15) is 0 Å². The normalized spacial score (nSPS) is 27.2. The predicted octanol–water partition coefficient (Wildman–Crippen LogP) is 9.25. The zero-order valence-electron chi connectivity index (χ0n) is 25.7. The molecule has 0 fully saturated rings. The van der Waals surface area contributed by atoms with E-state index in [1.807, 2.05) is 24.3 Å². The molecule has 2 heteroatoms. The third-order valence-electron chi connectivity index (χ3n) is 10.9. The summed E-state index contributed by atoms with van der Waals surface area (Å²) in [7, 11) is 0. The maximum absolute atomic E-state index is 13.4. The van der Waals surface area contributed by atoms with E-state index in [1.165, 1.54) is 21.9 Å². The first-order valence-electron chi connectivity index (χ1n) is 16.6. The van der Waals surface area contributed by atoms with Gasteiger partial charge in [0.2, 0.25) is 0 Å². The molecular formula is C44H36O2. The van der Waals surface area contributed by atoms with Crippen molar-refractivity contribution in [1.29, 1.82) is 0 Å². The Balaban J connectivity index is 1.23. The standard InChI is InChI=1S/C44H36O2/c45-43(35-26-20-29-10-1-2-13-33(29)28-35)39-18-7-8-19-40(39)44(46,42-38-16-6-4-12-31(38)23-27-41(42)43)34-24-21-32(22-25-34)37-17-9-14-30-11-3-5-15-36(30)37/h1-5,7-15,17-19,21,23-29,32,45-46H,6,16,20,22H2. The molecule has 0 saturated heterocycles. The van der Waals surface area contributed by atoms with Crippen molar-refractivity contribution < 1.29 is 10.2 Å². The van der Waals surface area contributed by atoms with Gasteiger partial charge in [0.1, 0.15) is 11.2 Å². The van der Waals surface area contributed by atoms with Crippen LogP contribution in [0.1, 0.15) is 64.1 Å². The molecule has 2 N–H and O–H groups in total. The Hall–Kier alpha value is -4.76. The summed E-state index contributed by atoms with van der Waals surface area (Å²) in [6.07, 6.45) is 27.3. The fourth-order valence-electron chi connectivity index (χ4n) is 8.65. The van der Waals surface area contributed by atoms with Crippen molar-refractivity contribution in [3.05, 3.63) is 195 Å². The molecule has 0 radical (unpaired) electrons. The molecule has 224 valence electrons. The zero-order chi connectivity index (χ0) is 30.9. The van der Waals surface area contributed by atoms with Crippen molar-refractivity contribution in [2.45, 2.75) is 42.8 Å². The summed E-state index contributed by atoms with van der Waals surface area (Å²) in [5.41, 5.74) is 6.85. The first-order chi connectivity index (χ1) is 22.6. The van der Waals surface area contributed by atoms with Gasteiger partial charge in [-0.15, -0.1) is 0 Å². The molecule has 4 aromatic carbocycles. The number of hydrogen-bond donors (Lipinski definition) is 2. The van der Waals surface area contributed by atoms with E-state index >= 15 is 0 Å². The maximum Gasteiger partial charge on any atom is 0.141 e. The van der Waals surface area contributed by atoms with E-state index in [-0.39, 0.29) is 5.92 Å². The van der Waals surface area contributed by atoms with E-state index in [1.54, 1.807) is 0 Å². The molecule has 0 saturated carbocycles. The Kier molecular flexibility index (Phi) is 6.22. The molecule has 4 unspecified atom stereocenters. The molecule has 0 bridgehead atoms. The van der Waals surface area contributed by atoms with Gasteiger partial charge in [-0.05, 0) is 86.6 Å². The topological polar surface area (TPSA) is 40.5 Å². The molecule has 4 atom stereocenters. The SMILES string of the molecule is OC1(C2=CCC3C=CC=CC3=C2)c2ccccc2C(O)(C2=CCC(c3cccc4ccccc34)C=C2)c2c1ccc1c2CCC=C1. The second kappa shape index (κ2) is 10.4. The molecule has 0 amide bonds. The highest BCUT2D eigenvalue weighted by atomic mass is 16.3. The van der Waals surface area contributed by atoms with Crippen LogP contribution in [0.2, 0.25) is 0 Å². The summed E-state index contributed by atoms with van der Waals surface area (Å²) in [6.45, 7) is 0. The van der Waals surface area contributed by atoms with Crippen molar-refractivity contribution in [1.82, 2.24) is 0 Å². The molecule has 4 aromatic rings. The van der Waals surface area contributed by atoms with Gasteiger partial charge in [0, 0.05) is 17.4 Å². The fourth-order valence-corrected chi connectivity index (χ4v) is 8.65. The van der Waals surface area contributed by atoms with Crippen LogP contribution in [0.5, 0.6) is 0 Å². The lowest BCUT2D eigenvalue weighted by molar-refractivity contribution is 0.0723. The number of benzene rings is 4. The fraction of sp³-hybridized carbons (Fsp3) is 0.182. The third-order valence-corrected chi connectivity index (χ3v) is 10.9. The monoisotopic (exact) mass is 596 g/mol. The van der Waals surface area contributed by atoms with E-state index in [2.05, 4.69) is 121 Å². The molecule has 46 heavy (non-hydrogen) atoms. The molecule has 0 aromatic heterocycles. The van der Waals surface area contributed by atoms with E-state index < -0.39 is 11.2 Å². The molecule has 0 aliphatic heterocycles. The van der Waals surface area contributed by atoms with Crippen LogP contribution in [0.4, 0.5) is 0 Å². The number of aliphatic hydroxyl groups is 2. The Morgan fingerprint density at radius 3 is 2.28 bits per heavy atom. The highest BCUT2D eigenvalue weighted by molar-refractivity contribution is 5.86.